The van der Waals surface area contributed by atoms with Gasteiger partial charge in [-0.15, -0.1) is 0 Å². The summed E-state index contributed by atoms with van der Waals surface area (Å²) in [4.78, 5) is 41.1. The van der Waals surface area contributed by atoms with Gasteiger partial charge in [0.1, 0.15) is 11.5 Å². The Morgan fingerprint density at radius 2 is 1.42 bits per heavy atom. The molecule has 36 heavy (non-hydrogen) atoms. The van der Waals surface area contributed by atoms with E-state index >= 15 is 0 Å². The van der Waals surface area contributed by atoms with Crippen molar-refractivity contribution in [2.75, 3.05) is 10.2 Å². The minimum Gasteiger partial charge on any atom is -0.457 e. The maximum Gasteiger partial charge on any atom is 0.255 e. The summed E-state index contributed by atoms with van der Waals surface area (Å²) in [5, 5.41) is 2.88. The number of allylic oxidation sites excluding steroid dienone is 2. The zero-order valence-electron chi connectivity index (χ0n) is 19.4. The second-order valence-electron chi connectivity index (χ2n) is 10.1. The lowest BCUT2D eigenvalue weighted by Crippen LogP contribution is -2.40. The van der Waals surface area contributed by atoms with Crippen molar-refractivity contribution in [1.29, 1.82) is 0 Å². The number of ether oxygens (including phenoxy) is 1. The Balaban J connectivity index is 1.07. The van der Waals surface area contributed by atoms with Crippen LogP contribution in [0.2, 0.25) is 0 Å². The van der Waals surface area contributed by atoms with Gasteiger partial charge in [0, 0.05) is 11.3 Å². The van der Waals surface area contributed by atoms with Gasteiger partial charge >= 0.3 is 0 Å². The first-order valence-electron chi connectivity index (χ1n) is 12.4. The number of carbonyl (C=O) groups excluding carboxylic acids is 3. The van der Waals surface area contributed by atoms with Crippen LogP contribution in [0.1, 0.15) is 16.8 Å². The summed E-state index contributed by atoms with van der Waals surface area (Å²) < 4.78 is 5.80. The monoisotopic (exact) mass is 476 g/mol. The van der Waals surface area contributed by atoms with E-state index in [9.17, 15) is 14.4 Å². The number of carbonyl (C=O) groups is 3. The molecule has 5 aliphatic rings. The van der Waals surface area contributed by atoms with Crippen molar-refractivity contribution in [3.63, 3.8) is 0 Å². The molecular weight excluding hydrogens is 452 g/mol. The lowest BCUT2D eigenvalue weighted by molar-refractivity contribution is -0.124. The van der Waals surface area contributed by atoms with E-state index in [0.29, 0.717) is 34.5 Å². The zero-order chi connectivity index (χ0) is 24.4. The second kappa shape index (κ2) is 7.92. The number of amides is 3. The van der Waals surface area contributed by atoms with E-state index in [1.165, 1.54) is 4.90 Å². The van der Waals surface area contributed by atoms with Crippen LogP contribution in [0.4, 0.5) is 11.4 Å². The minimum atomic E-state index is -0.312. The van der Waals surface area contributed by atoms with E-state index in [2.05, 4.69) is 17.5 Å². The molecule has 178 valence electrons. The van der Waals surface area contributed by atoms with E-state index in [1.807, 2.05) is 30.3 Å². The first-order valence-corrected chi connectivity index (χ1v) is 12.4. The number of anilines is 2. The van der Waals surface area contributed by atoms with Crippen LogP contribution >= 0.6 is 0 Å². The van der Waals surface area contributed by atoms with Crippen molar-refractivity contribution >= 4 is 29.1 Å². The van der Waals surface area contributed by atoms with Crippen molar-refractivity contribution in [1.82, 2.24) is 0 Å². The van der Waals surface area contributed by atoms with E-state index in [-0.39, 0.29) is 41.4 Å². The third kappa shape index (κ3) is 3.28. The Morgan fingerprint density at radius 1 is 0.778 bits per heavy atom. The van der Waals surface area contributed by atoms with Gasteiger partial charge < -0.3 is 10.1 Å². The standard InChI is InChI=1S/C30H24N2O4/c33-28(31-18-9-11-21(12-10-18)36-20-7-2-1-3-8-20)17-5-4-6-19(15-17)32-29(34)26-22-13-14-23(25-16-24(22)25)27(26)30(32)35/h1-15,22-27H,16H2,(H,31,33). The Labute approximate surface area is 208 Å². The van der Waals surface area contributed by atoms with Crippen LogP contribution in [0.5, 0.6) is 11.5 Å². The third-order valence-electron chi connectivity index (χ3n) is 8.12. The average molecular weight is 477 g/mol. The predicted molar refractivity (Wildman–Crippen MR) is 135 cm³/mol. The molecule has 6 heteroatoms. The highest BCUT2D eigenvalue weighted by Crippen LogP contribution is 2.65. The van der Waals surface area contributed by atoms with Crippen LogP contribution in [0.25, 0.3) is 0 Å². The topological polar surface area (TPSA) is 75.7 Å². The molecule has 6 nitrogen and oxygen atoms in total. The smallest absolute Gasteiger partial charge is 0.255 e. The fraction of sp³-hybridized carbons (Fsp3) is 0.233. The fourth-order valence-corrected chi connectivity index (χ4v) is 6.43. The van der Waals surface area contributed by atoms with Gasteiger partial charge in [-0.05, 0) is 84.7 Å². The lowest BCUT2D eigenvalue weighted by atomic mass is 9.63. The number of rotatable bonds is 5. The van der Waals surface area contributed by atoms with E-state index < -0.39 is 0 Å². The number of hydrogen-bond acceptors (Lipinski definition) is 4. The molecule has 0 radical (unpaired) electrons. The summed E-state index contributed by atoms with van der Waals surface area (Å²) in [6.45, 7) is 0. The molecule has 4 aliphatic carbocycles. The molecule has 0 spiro atoms. The summed E-state index contributed by atoms with van der Waals surface area (Å²) in [5.74, 6) is 1.77. The summed E-state index contributed by atoms with van der Waals surface area (Å²) in [6.07, 6.45) is 5.45. The lowest BCUT2D eigenvalue weighted by Gasteiger charge is -2.37. The number of para-hydroxylation sites is 1. The maximum absolute atomic E-state index is 13.4. The molecule has 1 heterocycles. The van der Waals surface area contributed by atoms with E-state index in [4.69, 9.17) is 4.74 Å². The third-order valence-corrected chi connectivity index (χ3v) is 8.12. The second-order valence-corrected chi connectivity index (χ2v) is 10.1. The van der Waals surface area contributed by atoms with Crippen LogP contribution in [0, 0.1) is 35.5 Å². The van der Waals surface area contributed by atoms with Crippen molar-refractivity contribution < 1.29 is 19.1 Å². The van der Waals surface area contributed by atoms with Crippen molar-refractivity contribution in [3.8, 4) is 11.5 Å². The molecule has 1 N–H and O–H groups in total. The molecule has 1 saturated heterocycles. The van der Waals surface area contributed by atoms with E-state index in [0.717, 1.165) is 12.2 Å². The highest BCUT2D eigenvalue weighted by atomic mass is 16.5. The molecule has 3 aromatic rings. The van der Waals surface area contributed by atoms with Gasteiger partial charge in [-0.3, -0.25) is 14.4 Å². The molecule has 2 bridgehead atoms. The summed E-state index contributed by atoms with van der Waals surface area (Å²) >= 11 is 0. The molecule has 2 saturated carbocycles. The van der Waals surface area contributed by atoms with Gasteiger partial charge in [-0.1, -0.05) is 36.4 Å². The molecule has 3 fully saturated rings. The average Bonchev–Trinajstić information content (AvgIpc) is 3.69. The van der Waals surface area contributed by atoms with Gasteiger partial charge in [0.2, 0.25) is 11.8 Å². The minimum absolute atomic E-state index is 0.124. The molecule has 6 atom stereocenters. The van der Waals surface area contributed by atoms with Crippen molar-refractivity contribution in [2.45, 2.75) is 6.42 Å². The Bertz CT molecular complexity index is 1380. The summed E-state index contributed by atoms with van der Waals surface area (Å²) in [7, 11) is 0. The fourth-order valence-electron chi connectivity index (χ4n) is 6.43. The molecular formula is C30H24N2O4. The van der Waals surface area contributed by atoms with Crippen molar-refractivity contribution in [2.24, 2.45) is 35.5 Å². The highest BCUT2D eigenvalue weighted by molar-refractivity contribution is 6.23. The number of imide groups is 1. The van der Waals surface area contributed by atoms with Crippen LogP contribution in [-0.4, -0.2) is 17.7 Å². The molecule has 3 amide bonds. The number of benzene rings is 3. The first kappa shape index (κ1) is 21.1. The van der Waals surface area contributed by atoms with Gasteiger partial charge in [-0.2, -0.15) is 0 Å². The van der Waals surface area contributed by atoms with E-state index in [1.54, 1.807) is 48.5 Å². The quantitative estimate of drug-likeness (QED) is 0.401. The molecule has 0 aromatic heterocycles. The highest BCUT2D eigenvalue weighted by Gasteiger charge is 2.67. The molecule has 6 unspecified atom stereocenters. The van der Waals surface area contributed by atoms with Gasteiger partial charge in [0.05, 0.1) is 17.5 Å². The van der Waals surface area contributed by atoms with Gasteiger partial charge in [0.25, 0.3) is 5.91 Å². The predicted octanol–water partition coefficient (Wildman–Crippen LogP) is 5.29. The SMILES string of the molecule is O=C(Nc1ccc(Oc2ccccc2)cc1)c1cccc(N2C(=O)C3C4C=CC(C5CC45)C3C2=O)c1. The molecule has 1 aliphatic heterocycles. The maximum atomic E-state index is 13.4. The van der Waals surface area contributed by atoms with Crippen molar-refractivity contribution in [3.05, 3.63) is 96.6 Å². The van der Waals surface area contributed by atoms with Crippen LogP contribution in [0.15, 0.2) is 91.0 Å². The summed E-state index contributed by atoms with van der Waals surface area (Å²) in [5.41, 5.74) is 1.47. The number of hydrogen-bond donors (Lipinski definition) is 1. The zero-order valence-corrected chi connectivity index (χ0v) is 19.4. The Hall–Kier alpha value is -4.19. The molecule has 3 aromatic carbocycles. The largest absolute Gasteiger partial charge is 0.457 e. The summed E-state index contributed by atoms with van der Waals surface area (Å²) in [6, 6.07) is 23.3. The normalized spacial score (nSPS) is 29.1. The first-order chi connectivity index (χ1) is 17.6. The Morgan fingerprint density at radius 3 is 2.08 bits per heavy atom. The van der Waals surface area contributed by atoms with Crippen LogP contribution < -0.4 is 15.0 Å². The van der Waals surface area contributed by atoms with Gasteiger partial charge in [0.15, 0.2) is 0 Å². The van der Waals surface area contributed by atoms with Gasteiger partial charge in [-0.25, -0.2) is 4.90 Å². The molecule has 8 rings (SSSR count). The number of nitrogens with zero attached hydrogens (tertiary/aromatic N) is 1. The Kier molecular flexibility index (Phi) is 4.64. The van der Waals surface area contributed by atoms with Crippen LogP contribution in [-0.2, 0) is 9.59 Å². The van der Waals surface area contributed by atoms with Crippen LogP contribution in [0.3, 0.4) is 0 Å². The number of nitrogens with one attached hydrogen (secondary N) is 1.